The van der Waals surface area contributed by atoms with Crippen molar-refractivity contribution in [1.82, 2.24) is 19.1 Å². The Hall–Kier alpha value is -4.77. The first kappa shape index (κ1) is 18.6. The van der Waals surface area contributed by atoms with Crippen LogP contribution in [0.15, 0.2) is 108 Å². The number of fused-ring (bicyclic) bond motifs is 7. The van der Waals surface area contributed by atoms with Gasteiger partial charge in [-0.3, -0.25) is 14.1 Å². The van der Waals surface area contributed by atoms with Crippen LogP contribution in [-0.4, -0.2) is 19.1 Å². The fourth-order valence-electron chi connectivity index (χ4n) is 5.41. The number of nitrogens with zero attached hydrogens (tertiary/aromatic N) is 5. The van der Waals surface area contributed by atoms with Gasteiger partial charge in [-0.1, -0.05) is 72.8 Å². The van der Waals surface area contributed by atoms with Gasteiger partial charge in [-0.05, 0) is 41.6 Å². The third kappa shape index (κ3) is 2.55. The van der Waals surface area contributed by atoms with Crippen LogP contribution in [-0.2, 0) is 0 Å². The summed E-state index contributed by atoms with van der Waals surface area (Å²) in [5.74, 6) is 0. The van der Waals surface area contributed by atoms with Crippen LogP contribution in [0.5, 0.6) is 0 Å². The molecular weight excluding hydrogens is 430 g/mol. The molecule has 8 rings (SSSR count). The van der Waals surface area contributed by atoms with E-state index in [-0.39, 0.29) is 6.17 Å². The quantitative estimate of drug-likeness (QED) is 0.360. The molecule has 0 radical (unpaired) electrons. The molecule has 1 aliphatic heterocycles. The smallest absolute Gasteiger partial charge is 0.166 e. The Kier molecular flexibility index (Phi) is 3.66. The van der Waals surface area contributed by atoms with E-state index in [1.807, 2.05) is 12.1 Å². The molecule has 4 aromatic carbocycles. The molecule has 35 heavy (non-hydrogen) atoms. The van der Waals surface area contributed by atoms with Gasteiger partial charge in [-0.2, -0.15) is 0 Å². The average molecular weight is 450 g/mol. The molecule has 7 aromatic rings. The summed E-state index contributed by atoms with van der Waals surface area (Å²) in [7, 11) is 0. The second kappa shape index (κ2) is 6.87. The SMILES string of the molecule is C1=c2ccccc2=NC1n1c2ccccc2c2nc3c4ccccc4n(-c4ccccc4)c3nc21. The Morgan fingerprint density at radius 2 is 1.23 bits per heavy atom. The molecular formula is C30H19N5. The molecule has 1 aliphatic rings. The zero-order chi connectivity index (χ0) is 22.9. The number of para-hydroxylation sites is 4. The van der Waals surface area contributed by atoms with Crippen molar-refractivity contribution in [2.24, 2.45) is 4.99 Å². The molecule has 0 spiro atoms. The predicted molar refractivity (Wildman–Crippen MR) is 140 cm³/mol. The average Bonchev–Trinajstić information content (AvgIpc) is 3.57. The summed E-state index contributed by atoms with van der Waals surface area (Å²) in [5.41, 5.74) is 6.77. The van der Waals surface area contributed by atoms with Crippen molar-refractivity contribution in [2.75, 3.05) is 0 Å². The summed E-state index contributed by atoms with van der Waals surface area (Å²) in [4.78, 5) is 15.6. The second-order valence-electron chi connectivity index (χ2n) is 8.91. The lowest BCUT2D eigenvalue weighted by Crippen LogP contribution is -2.19. The van der Waals surface area contributed by atoms with Crippen LogP contribution in [0.3, 0.4) is 0 Å². The van der Waals surface area contributed by atoms with Gasteiger partial charge in [0, 0.05) is 16.5 Å². The third-order valence-corrected chi connectivity index (χ3v) is 6.93. The van der Waals surface area contributed by atoms with Crippen molar-refractivity contribution in [3.8, 4) is 5.69 Å². The summed E-state index contributed by atoms with van der Waals surface area (Å²) < 4.78 is 4.44. The fourth-order valence-corrected chi connectivity index (χ4v) is 5.41. The summed E-state index contributed by atoms with van der Waals surface area (Å²) in [6.07, 6.45) is 2.04. The monoisotopic (exact) mass is 449 g/mol. The highest BCUT2D eigenvalue weighted by molar-refractivity contribution is 6.12. The van der Waals surface area contributed by atoms with Crippen LogP contribution in [0, 0.1) is 0 Å². The van der Waals surface area contributed by atoms with Crippen LogP contribution in [0.25, 0.3) is 55.9 Å². The largest absolute Gasteiger partial charge is 0.297 e. The van der Waals surface area contributed by atoms with Crippen molar-refractivity contribution in [1.29, 1.82) is 0 Å². The fraction of sp³-hybridized carbons (Fsp3) is 0.0333. The predicted octanol–water partition coefficient (Wildman–Crippen LogP) is 5.29. The van der Waals surface area contributed by atoms with Crippen LogP contribution in [0.2, 0.25) is 0 Å². The standard InChI is InChI=1S/C30H19N5/c1-2-11-20(12-3-1)34-24-16-8-5-13-21(24)27-29(34)33-30-28(32-27)22-14-6-9-17-25(22)35(30)26-18-19-10-4-7-15-23(19)31-26/h1-18,26H. The summed E-state index contributed by atoms with van der Waals surface area (Å²) >= 11 is 0. The highest BCUT2D eigenvalue weighted by Gasteiger charge is 2.23. The third-order valence-electron chi connectivity index (χ3n) is 6.93. The van der Waals surface area contributed by atoms with E-state index in [9.17, 15) is 0 Å². The molecule has 0 amide bonds. The van der Waals surface area contributed by atoms with Gasteiger partial charge < -0.3 is 0 Å². The van der Waals surface area contributed by atoms with Crippen molar-refractivity contribution in [3.05, 3.63) is 114 Å². The first-order valence-corrected chi connectivity index (χ1v) is 11.8. The molecule has 0 aliphatic carbocycles. The molecule has 4 heterocycles. The van der Waals surface area contributed by atoms with Gasteiger partial charge >= 0.3 is 0 Å². The van der Waals surface area contributed by atoms with Crippen molar-refractivity contribution in [2.45, 2.75) is 6.17 Å². The molecule has 1 atom stereocenters. The number of aromatic nitrogens is 4. The highest BCUT2D eigenvalue weighted by Crippen LogP contribution is 2.36. The minimum Gasteiger partial charge on any atom is -0.297 e. The minimum atomic E-state index is -0.170. The van der Waals surface area contributed by atoms with E-state index in [1.54, 1.807) is 0 Å². The Bertz CT molecular complexity index is 2030. The maximum atomic E-state index is 5.32. The number of hydrogen-bond acceptors (Lipinski definition) is 3. The Balaban J connectivity index is 1.54. The number of rotatable bonds is 2. The normalized spacial score (nSPS) is 15.0. The highest BCUT2D eigenvalue weighted by atomic mass is 15.2. The zero-order valence-electron chi connectivity index (χ0n) is 18.7. The first-order chi connectivity index (χ1) is 17.4. The second-order valence-corrected chi connectivity index (χ2v) is 8.91. The molecule has 164 valence electrons. The topological polar surface area (TPSA) is 48.0 Å². The molecule has 0 N–H and O–H groups in total. The first-order valence-electron chi connectivity index (χ1n) is 11.8. The lowest BCUT2D eigenvalue weighted by molar-refractivity contribution is 0.700. The summed E-state index contributed by atoms with van der Waals surface area (Å²) in [5, 5.41) is 4.35. The van der Waals surface area contributed by atoms with Crippen LogP contribution < -0.4 is 10.6 Å². The van der Waals surface area contributed by atoms with E-state index in [0.29, 0.717) is 0 Å². The summed E-state index contributed by atoms with van der Waals surface area (Å²) in [6, 6.07) is 35.5. The van der Waals surface area contributed by atoms with E-state index < -0.39 is 0 Å². The Morgan fingerprint density at radius 3 is 2.06 bits per heavy atom. The van der Waals surface area contributed by atoms with Crippen molar-refractivity contribution < 1.29 is 0 Å². The van der Waals surface area contributed by atoms with Crippen LogP contribution in [0.4, 0.5) is 0 Å². The molecule has 0 saturated heterocycles. The lowest BCUT2D eigenvalue weighted by atomic mass is 10.2. The molecule has 5 nitrogen and oxygen atoms in total. The van der Waals surface area contributed by atoms with E-state index in [1.165, 1.54) is 0 Å². The van der Waals surface area contributed by atoms with Gasteiger partial charge in [0.25, 0.3) is 0 Å². The van der Waals surface area contributed by atoms with Gasteiger partial charge in [0.2, 0.25) is 0 Å². The molecule has 1 unspecified atom stereocenters. The van der Waals surface area contributed by atoms with Gasteiger partial charge in [0.1, 0.15) is 17.2 Å². The van der Waals surface area contributed by atoms with Gasteiger partial charge in [-0.15, -0.1) is 0 Å². The van der Waals surface area contributed by atoms with Gasteiger partial charge in [0.15, 0.2) is 11.3 Å². The maximum absolute atomic E-state index is 5.32. The van der Waals surface area contributed by atoms with Crippen molar-refractivity contribution >= 4 is 50.2 Å². The van der Waals surface area contributed by atoms with E-state index in [2.05, 4.69) is 106 Å². The number of hydrogen-bond donors (Lipinski definition) is 0. The van der Waals surface area contributed by atoms with Gasteiger partial charge in [0.05, 0.1) is 16.4 Å². The molecule has 5 heteroatoms. The molecule has 0 bridgehead atoms. The van der Waals surface area contributed by atoms with E-state index in [0.717, 1.165) is 60.4 Å². The summed E-state index contributed by atoms with van der Waals surface area (Å²) in [6.45, 7) is 0. The minimum absolute atomic E-state index is 0.170. The van der Waals surface area contributed by atoms with E-state index >= 15 is 0 Å². The number of benzene rings is 4. The zero-order valence-corrected chi connectivity index (χ0v) is 18.7. The van der Waals surface area contributed by atoms with Gasteiger partial charge in [-0.25, -0.2) is 9.97 Å². The molecule has 0 fully saturated rings. The van der Waals surface area contributed by atoms with Crippen LogP contribution >= 0.6 is 0 Å². The van der Waals surface area contributed by atoms with Crippen LogP contribution in [0.1, 0.15) is 6.17 Å². The van der Waals surface area contributed by atoms with Crippen molar-refractivity contribution in [3.63, 3.8) is 0 Å². The Labute approximate surface area is 199 Å². The molecule has 3 aromatic heterocycles. The lowest BCUT2D eigenvalue weighted by Gasteiger charge is -2.11. The molecule has 0 saturated carbocycles. The van der Waals surface area contributed by atoms with E-state index in [4.69, 9.17) is 15.0 Å². The maximum Gasteiger partial charge on any atom is 0.166 e. The Morgan fingerprint density at radius 1 is 0.571 bits per heavy atom.